The van der Waals surface area contributed by atoms with Crippen LogP contribution in [-0.4, -0.2) is 13.8 Å². The number of benzene rings is 1. The monoisotopic (exact) mass is 292 g/mol. The highest BCUT2D eigenvalue weighted by Crippen LogP contribution is 2.27. The topological polar surface area (TPSA) is 42.9 Å². The van der Waals surface area contributed by atoms with Gasteiger partial charge in [0.05, 0.1) is 26.5 Å². The summed E-state index contributed by atoms with van der Waals surface area (Å²) in [5.74, 6) is 0. The average molecular weight is 293 g/mol. The number of aromatic nitrogens is 2. The summed E-state index contributed by atoms with van der Waals surface area (Å²) in [4.78, 5) is 0.601. The minimum atomic E-state index is -1.30. The molecule has 0 amide bonds. The Morgan fingerprint density at radius 1 is 1.31 bits per heavy atom. The average Bonchev–Trinajstić information content (AvgIpc) is 2.67. The van der Waals surface area contributed by atoms with E-state index in [0.29, 0.717) is 24.8 Å². The van der Waals surface area contributed by atoms with Crippen LogP contribution in [0.1, 0.15) is 5.69 Å². The van der Waals surface area contributed by atoms with Crippen molar-refractivity contribution in [3.63, 3.8) is 0 Å². The molecule has 0 aliphatic heterocycles. The van der Waals surface area contributed by atoms with Gasteiger partial charge in [0.25, 0.3) is 0 Å². The van der Waals surface area contributed by atoms with E-state index in [1.165, 1.54) is 0 Å². The lowest BCUT2D eigenvalue weighted by Gasteiger charge is -2.01. The third kappa shape index (κ3) is 2.27. The molecular formula is C9H6Cl2N2OS2. The molecule has 1 aromatic heterocycles. The minimum Gasteiger partial charge on any atom is -0.248 e. The summed E-state index contributed by atoms with van der Waals surface area (Å²) >= 11 is 12.8. The maximum atomic E-state index is 12.1. The molecule has 2 aromatic rings. The minimum absolute atomic E-state index is 0.391. The Morgan fingerprint density at radius 2 is 2.06 bits per heavy atom. The predicted octanol–water partition coefficient (Wildman–Crippen LogP) is 3.32. The Hall–Kier alpha value is -0.490. The summed E-state index contributed by atoms with van der Waals surface area (Å²) in [6, 6.07) is 4.91. The van der Waals surface area contributed by atoms with Crippen molar-refractivity contribution in [1.29, 1.82) is 0 Å². The molecule has 0 bridgehead atoms. The first kappa shape index (κ1) is 12.0. The van der Waals surface area contributed by atoms with Crippen molar-refractivity contribution in [2.45, 2.75) is 16.0 Å². The lowest BCUT2D eigenvalue weighted by atomic mass is 10.4. The summed E-state index contributed by atoms with van der Waals surface area (Å²) < 4.78 is 16.5. The molecule has 0 saturated heterocycles. The van der Waals surface area contributed by atoms with Crippen molar-refractivity contribution in [1.82, 2.24) is 9.59 Å². The molecule has 0 aliphatic rings. The maximum Gasteiger partial charge on any atom is 0.140 e. The van der Waals surface area contributed by atoms with Crippen molar-refractivity contribution in [3.8, 4) is 0 Å². The van der Waals surface area contributed by atoms with Gasteiger partial charge < -0.3 is 0 Å². The number of nitrogens with zero attached hydrogens (tertiary/aromatic N) is 2. The van der Waals surface area contributed by atoms with Gasteiger partial charge in [0.2, 0.25) is 0 Å². The van der Waals surface area contributed by atoms with Crippen LogP contribution in [0, 0.1) is 6.92 Å². The molecule has 0 spiro atoms. The Bertz CT molecular complexity index is 556. The van der Waals surface area contributed by atoms with Crippen LogP contribution in [0.2, 0.25) is 10.0 Å². The number of aryl methyl sites for hydroxylation is 1. The predicted molar refractivity (Wildman–Crippen MR) is 65.8 cm³/mol. The molecule has 1 heterocycles. The quantitative estimate of drug-likeness (QED) is 0.853. The summed E-state index contributed by atoms with van der Waals surface area (Å²) in [6.45, 7) is 1.77. The van der Waals surface area contributed by atoms with Crippen molar-refractivity contribution in [3.05, 3.63) is 33.9 Å². The number of halogens is 2. The highest BCUT2D eigenvalue weighted by atomic mass is 35.5. The van der Waals surface area contributed by atoms with Crippen molar-refractivity contribution < 1.29 is 4.21 Å². The SMILES string of the molecule is Cc1nnsc1[S@](=O)c1ccc(Cl)c(Cl)c1. The van der Waals surface area contributed by atoms with Gasteiger partial charge in [-0.2, -0.15) is 0 Å². The first-order valence-corrected chi connectivity index (χ1v) is 6.93. The molecule has 1 atom stereocenters. The zero-order chi connectivity index (χ0) is 11.7. The zero-order valence-corrected chi connectivity index (χ0v) is 11.3. The first-order valence-electron chi connectivity index (χ1n) is 4.25. The third-order valence-corrected chi connectivity index (χ3v) is 5.24. The van der Waals surface area contributed by atoms with Crippen LogP contribution in [0.5, 0.6) is 0 Å². The Balaban J connectivity index is 2.42. The second-order valence-corrected chi connectivity index (χ2v) is 6.23. The lowest BCUT2D eigenvalue weighted by Crippen LogP contribution is -1.92. The normalized spacial score (nSPS) is 12.7. The molecule has 7 heteroatoms. The lowest BCUT2D eigenvalue weighted by molar-refractivity contribution is 0.684. The van der Waals surface area contributed by atoms with E-state index in [9.17, 15) is 4.21 Å². The van der Waals surface area contributed by atoms with Gasteiger partial charge in [0.1, 0.15) is 4.21 Å². The summed E-state index contributed by atoms with van der Waals surface area (Å²) in [5.41, 5.74) is 0.675. The molecule has 16 heavy (non-hydrogen) atoms. The Labute approximate surface area is 109 Å². The molecule has 0 radical (unpaired) electrons. The molecule has 84 valence electrons. The van der Waals surface area contributed by atoms with Crippen LogP contribution < -0.4 is 0 Å². The number of hydrogen-bond donors (Lipinski definition) is 0. The van der Waals surface area contributed by atoms with E-state index in [1.807, 2.05) is 0 Å². The van der Waals surface area contributed by atoms with Crippen LogP contribution in [0.15, 0.2) is 27.3 Å². The van der Waals surface area contributed by atoms with Gasteiger partial charge in [-0.25, -0.2) is 4.21 Å². The van der Waals surface area contributed by atoms with Gasteiger partial charge >= 0.3 is 0 Å². The van der Waals surface area contributed by atoms with E-state index < -0.39 is 10.8 Å². The fourth-order valence-electron chi connectivity index (χ4n) is 1.09. The van der Waals surface area contributed by atoms with Gasteiger partial charge in [-0.1, -0.05) is 27.7 Å². The molecule has 0 saturated carbocycles. The Kier molecular flexibility index (Phi) is 3.59. The van der Waals surface area contributed by atoms with E-state index in [4.69, 9.17) is 23.2 Å². The van der Waals surface area contributed by atoms with E-state index >= 15 is 0 Å². The zero-order valence-electron chi connectivity index (χ0n) is 8.11. The third-order valence-electron chi connectivity index (χ3n) is 1.88. The van der Waals surface area contributed by atoms with Crippen LogP contribution in [0.25, 0.3) is 0 Å². The molecule has 3 nitrogen and oxygen atoms in total. The molecule has 0 aliphatic carbocycles. The van der Waals surface area contributed by atoms with Crippen molar-refractivity contribution in [2.24, 2.45) is 0 Å². The number of rotatable bonds is 2. The summed E-state index contributed by atoms with van der Waals surface area (Å²) in [6.07, 6.45) is 0. The molecule has 0 N–H and O–H groups in total. The smallest absolute Gasteiger partial charge is 0.140 e. The van der Waals surface area contributed by atoms with E-state index in [1.54, 1.807) is 25.1 Å². The second kappa shape index (κ2) is 4.79. The van der Waals surface area contributed by atoms with Crippen LogP contribution in [0.4, 0.5) is 0 Å². The maximum absolute atomic E-state index is 12.1. The van der Waals surface area contributed by atoms with E-state index in [0.717, 1.165) is 11.5 Å². The number of hydrogen-bond acceptors (Lipinski definition) is 4. The Morgan fingerprint density at radius 3 is 2.62 bits per heavy atom. The van der Waals surface area contributed by atoms with Crippen molar-refractivity contribution in [2.75, 3.05) is 0 Å². The molecule has 0 fully saturated rings. The highest BCUT2D eigenvalue weighted by molar-refractivity contribution is 7.87. The fourth-order valence-corrected chi connectivity index (χ4v) is 3.47. The highest BCUT2D eigenvalue weighted by Gasteiger charge is 2.14. The van der Waals surface area contributed by atoms with Gasteiger partial charge in [-0.15, -0.1) is 5.10 Å². The van der Waals surface area contributed by atoms with Gasteiger partial charge in [0, 0.05) is 4.90 Å². The molecule has 0 unspecified atom stereocenters. The molecule has 1 aromatic carbocycles. The summed E-state index contributed by atoms with van der Waals surface area (Å²) in [7, 11) is -1.30. The van der Waals surface area contributed by atoms with Gasteiger partial charge in [-0.3, -0.25) is 0 Å². The first-order chi connectivity index (χ1) is 7.59. The van der Waals surface area contributed by atoms with E-state index in [2.05, 4.69) is 9.59 Å². The summed E-state index contributed by atoms with van der Waals surface area (Å²) in [5, 5.41) is 4.66. The fraction of sp³-hybridized carbons (Fsp3) is 0.111. The van der Waals surface area contributed by atoms with Crippen LogP contribution in [0.3, 0.4) is 0 Å². The van der Waals surface area contributed by atoms with Gasteiger partial charge in [-0.05, 0) is 36.7 Å². The van der Waals surface area contributed by atoms with E-state index in [-0.39, 0.29) is 0 Å². The van der Waals surface area contributed by atoms with Crippen LogP contribution in [-0.2, 0) is 10.8 Å². The van der Waals surface area contributed by atoms with Gasteiger partial charge in [0.15, 0.2) is 0 Å². The van der Waals surface area contributed by atoms with Crippen molar-refractivity contribution >= 4 is 45.5 Å². The largest absolute Gasteiger partial charge is 0.248 e. The van der Waals surface area contributed by atoms with Crippen LogP contribution >= 0.6 is 34.7 Å². The molecule has 2 rings (SSSR count). The standard InChI is InChI=1S/C9H6Cl2N2OS2/c1-5-9(15-13-12-5)16(14)6-2-3-7(10)8(11)4-6/h2-4H,1H3/t16-/m1/s1. The molecular weight excluding hydrogens is 287 g/mol. The second-order valence-electron chi connectivity index (χ2n) is 2.99.